The first kappa shape index (κ1) is 10.8. The summed E-state index contributed by atoms with van der Waals surface area (Å²) in [4.78, 5) is 0. The zero-order valence-electron chi connectivity index (χ0n) is 8.16. The van der Waals surface area contributed by atoms with Gasteiger partial charge >= 0.3 is 0 Å². The van der Waals surface area contributed by atoms with Crippen LogP contribution >= 0.6 is 0 Å². The molecular formula is C10H17N3O. The fraction of sp³-hybridized carbons (Fsp3) is 0.400. The van der Waals surface area contributed by atoms with E-state index < -0.39 is 0 Å². The molecule has 4 heteroatoms. The summed E-state index contributed by atoms with van der Waals surface area (Å²) in [5.74, 6) is 0. The zero-order valence-corrected chi connectivity index (χ0v) is 8.16. The lowest BCUT2D eigenvalue weighted by molar-refractivity contribution is 0.293. The van der Waals surface area contributed by atoms with E-state index in [2.05, 4.69) is 10.6 Å². The van der Waals surface area contributed by atoms with Crippen molar-refractivity contribution in [3.8, 4) is 0 Å². The molecule has 1 aromatic rings. The molecule has 0 aliphatic heterocycles. The summed E-state index contributed by atoms with van der Waals surface area (Å²) < 4.78 is 0. The lowest BCUT2D eigenvalue weighted by atomic mass is 10.3. The van der Waals surface area contributed by atoms with Gasteiger partial charge < -0.3 is 21.5 Å². The number of nitrogen functional groups attached to an aromatic ring is 1. The molecule has 0 radical (unpaired) electrons. The van der Waals surface area contributed by atoms with Gasteiger partial charge in [-0.1, -0.05) is 0 Å². The number of hydrogen-bond donors (Lipinski definition) is 4. The molecule has 5 N–H and O–H groups in total. The Kier molecular flexibility index (Phi) is 4.82. The Morgan fingerprint density at radius 1 is 1.07 bits per heavy atom. The molecule has 78 valence electrons. The highest BCUT2D eigenvalue weighted by molar-refractivity contribution is 5.51. The second kappa shape index (κ2) is 6.23. The number of aliphatic hydroxyl groups is 1. The average Bonchev–Trinajstić information content (AvgIpc) is 2.21. The molecule has 0 fully saturated rings. The van der Waals surface area contributed by atoms with E-state index in [1.54, 1.807) is 0 Å². The summed E-state index contributed by atoms with van der Waals surface area (Å²) in [5.41, 5.74) is 7.39. The first-order valence-electron chi connectivity index (χ1n) is 4.74. The summed E-state index contributed by atoms with van der Waals surface area (Å²) in [5, 5.41) is 14.8. The summed E-state index contributed by atoms with van der Waals surface area (Å²) >= 11 is 0. The number of hydrogen-bond acceptors (Lipinski definition) is 4. The molecule has 0 amide bonds. The Labute approximate surface area is 84.1 Å². The van der Waals surface area contributed by atoms with E-state index in [4.69, 9.17) is 10.8 Å². The van der Waals surface area contributed by atoms with Gasteiger partial charge in [-0.3, -0.25) is 0 Å². The highest BCUT2D eigenvalue weighted by atomic mass is 16.3. The van der Waals surface area contributed by atoms with Crippen LogP contribution in [0.2, 0.25) is 0 Å². The lowest BCUT2D eigenvalue weighted by Gasteiger charge is -2.06. The van der Waals surface area contributed by atoms with E-state index in [-0.39, 0.29) is 6.61 Å². The zero-order chi connectivity index (χ0) is 10.2. The van der Waals surface area contributed by atoms with Crippen LogP contribution in [0.3, 0.4) is 0 Å². The smallest absolute Gasteiger partial charge is 0.0555 e. The largest absolute Gasteiger partial charge is 0.399 e. The molecule has 0 aliphatic carbocycles. The van der Waals surface area contributed by atoms with Crippen molar-refractivity contribution in [2.45, 2.75) is 0 Å². The van der Waals surface area contributed by atoms with Gasteiger partial charge in [0.05, 0.1) is 6.61 Å². The standard InChI is InChI=1S/C10H17N3O/c11-9-1-3-10(4-2-9)13-6-5-12-7-8-14/h1-4,12-14H,5-8,11H2. The van der Waals surface area contributed by atoms with Crippen molar-refractivity contribution in [2.75, 3.05) is 37.3 Å². The Morgan fingerprint density at radius 2 is 1.79 bits per heavy atom. The maximum Gasteiger partial charge on any atom is 0.0555 e. The third-order valence-corrected chi connectivity index (χ3v) is 1.83. The molecule has 0 bridgehead atoms. The first-order chi connectivity index (χ1) is 6.83. The molecule has 0 unspecified atom stereocenters. The molecule has 0 saturated carbocycles. The van der Waals surface area contributed by atoms with Crippen LogP contribution in [0.4, 0.5) is 11.4 Å². The van der Waals surface area contributed by atoms with E-state index in [1.807, 2.05) is 24.3 Å². The minimum absolute atomic E-state index is 0.182. The number of aliphatic hydroxyl groups excluding tert-OH is 1. The number of nitrogens with one attached hydrogen (secondary N) is 2. The third kappa shape index (κ3) is 4.11. The van der Waals surface area contributed by atoms with Gasteiger partial charge in [-0.2, -0.15) is 0 Å². The van der Waals surface area contributed by atoms with E-state index in [0.717, 1.165) is 24.5 Å². The lowest BCUT2D eigenvalue weighted by Crippen LogP contribution is -2.24. The number of nitrogens with two attached hydrogens (primary N) is 1. The SMILES string of the molecule is Nc1ccc(NCCNCCO)cc1. The van der Waals surface area contributed by atoms with Crippen LogP contribution < -0.4 is 16.4 Å². The van der Waals surface area contributed by atoms with Crippen molar-refractivity contribution < 1.29 is 5.11 Å². The highest BCUT2D eigenvalue weighted by Crippen LogP contribution is 2.09. The monoisotopic (exact) mass is 195 g/mol. The van der Waals surface area contributed by atoms with Gasteiger partial charge in [-0.25, -0.2) is 0 Å². The summed E-state index contributed by atoms with van der Waals surface area (Å²) in [6.07, 6.45) is 0. The molecule has 0 atom stereocenters. The molecule has 4 nitrogen and oxygen atoms in total. The van der Waals surface area contributed by atoms with Crippen molar-refractivity contribution in [3.63, 3.8) is 0 Å². The van der Waals surface area contributed by atoms with Crippen molar-refractivity contribution in [2.24, 2.45) is 0 Å². The fourth-order valence-electron chi connectivity index (χ4n) is 1.10. The molecule has 0 aromatic heterocycles. The second-order valence-electron chi connectivity index (χ2n) is 3.02. The molecule has 0 heterocycles. The normalized spacial score (nSPS) is 10.1. The minimum atomic E-state index is 0.182. The molecule has 1 rings (SSSR count). The number of benzene rings is 1. The minimum Gasteiger partial charge on any atom is -0.399 e. The number of rotatable bonds is 6. The summed E-state index contributed by atoms with van der Waals surface area (Å²) in [6.45, 7) is 2.50. The van der Waals surface area contributed by atoms with Crippen LogP contribution in [0.1, 0.15) is 0 Å². The molecular weight excluding hydrogens is 178 g/mol. The predicted octanol–water partition coefficient (Wildman–Crippen LogP) is 0.263. The van der Waals surface area contributed by atoms with Crippen LogP contribution in [0, 0.1) is 0 Å². The van der Waals surface area contributed by atoms with Gasteiger partial charge in [-0.05, 0) is 24.3 Å². The molecule has 14 heavy (non-hydrogen) atoms. The Bertz CT molecular complexity index is 248. The maximum atomic E-state index is 8.52. The van der Waals surface area contributed by atoms with Gasteiger partial charge in [0.2, 0.25) is 0 Å². The number of anilines is 2. The van der Waals surface area contributed by atoms with E-state index in [9.17, 15) is 0 Å². The molecule has 0 saturated heterocycles. The van der Waals surface area contributed by atoms with Crippen molar-refractivity contribution in [3.05, 3.63) is 24.3 Å². The van der Waals surface area contributed by atoms with Gasteiger partial charge in [-0.15, -0.1) is 0 Å². The van der Waals surface area contributed by atoms with Gasteiger partial charge in [0.25, 0.3) is 0 Å². The highest BCUT2D eigenvalue weighted by Gasteiger charge is 1.90. The van der Waals surface area contributed by atoms with Gasteiger partial charge in [0, 0.05) is 31.0 Å². The predicted molar refractivity (Wildman–Crippen MR) is 59.3 cm³/mol. The Balaban J connectivity index is 2.15. The molecule has 0 aliphatic rings. The van der Waals surface area contributed by atoms with Crippen LogP contribution in [0.25, 0.3) is 0 Å². The Hall–Kier alpha value is -1.26. The first-order valence-corrected chi connectivity index (χ1v) is 4.74. The average molecular weight is 195 g/mol. The fourth-order valence-corrected chi connectivity index (χ4v) is 1.10. The van der Waals surface area contributed by atoms with Crippen molar-refractivity contribution >= 4 is 11.4 Å². The Morgan fingerprint density at radius 3 is 2.43 bits per heavy atom. The summed E-state index contributed by atoms with van der Waals surface area (Å²) in [6, 6.07) is 7.62. The van der Waals surface area contributed by atoms with Crippen LogP contribution in [-0.4, -0.2) is 31.3 Å². The summed E-state index contributed by atoms with van der Waals surface area (Å²) in [7, 11) is 0. The van der Waals surface area contributed by atoms with E-state index in [1.165, 1.54) is 0 Å². The molecule has 1 aromatic carbocycles. The van der Waals surface area contributed by atoms with Crippen molar-refractivity contribution in [1.29, 1.82) is 0 Å². The van der Waals surface area contributed by atoms with Crippen LogP contribution in [0.15, 0.2) is 24.3 Å². The molecule has 0 spiro atoms. The van der Waals surface area contributed by atoms with Crippen molar-refractivity contribution in [1.82, 2.24) is 5.32 Å². The van der Waals surface area contributed by atoms with E-state index >= 15 is 0 Å². The van der Waals surface area contributed by atoms with Gasteiger partial charge in [0.1, 0.15) is 0 Å². The quantitative estimate of drug-likeness (QED) is 0.388. The third-order valence-electron chi connectivity index (χ3n) is 1.83. The van der Waals surface area contributed by atoms with Gasteiger partial charge in [0.15, 0.2) is 0 Å². The maximum absolute atomic E-state index is 8.52. The topological polar surface area (TPSA) is 70.3 Å². The van der Waals surface area contributed by atoms with Crippen LogP contribution in [0.5, 0.6) is 0 Å². The second-order valence-corrected chi connectivity index (χ2v) is 3.02. The van der Waals surface area contributed by atoms with E-state index in [0.29, 0.717) is 6.54 Å². The van der Waals surface area contributed by atoms with Crippen LogP contribution in [-0.2, 0) is 0 Å².